The van der Waals surface area contributed by atoms with Crippen molar-refractivity contribution < 1.29 is 14.3 Å². The van der Waals surface area contributed by atoms with Crippen LogP contribution in [-0.2, 0) is 28.9 Å². The molecule has 1 unspecified atom stereocenters. The third-order valence-corrected chi connectivity index (χ3v) is 6.18. The van der Waals surface area contributed by atoms with E-state index in [-0.39, 0.29) is 17.0 Å². The van der Waals surface area contributed by atoms with E-state index in [1.165, 1.54) is 26.4 Å². The highest BCUT2D eigenvalue weighted by Crippen LogP contribution is 2.26. The van der Waals surface area contributed by atoms with E-state index < -0.39 is 17.9 Å². The third kappa shape index (κ3) is 5.73. The van der Waals surface area contributed by atoms with E-state index in [0.29, 0.717) is 12.5 Å². The lowest BCUT2D eigenvalue weighted by molar-refractivity contribution is -0.144. The minimum Gasteiger partial charge on any atom is -0.467 e. The van der Waals surface area contributed by atoms with Crippen LogP contribution in [0.5, 0.6) is 0 Å². The van der Waals surface area contributed by atoms with Gasteiger partial charge < -0.3 is 14.6 Å². The van der Waals surface area contributed by atoms with Crippen molar-refractivity contribution >= 4 is 11.9 Å². The van der Waals surface area contributed by atoms with Gasteiger partial charge in [-0.25, -0.2) is 4.79 Å². The maximum absolute atomic E-state index is 13.4. The molecule has 1 aliphatic rings. The third-order valence-electron chi connectivity index (χ3n) is 6.18. The van der Waals surface area contributed by atoms with E-state index in [4.69, 9.17) is 4.74 Å². The van der Waals surface area contributed by atoms with Crippen molar-refractivity contribution in [2.75, 3.05) is 7.11 Å². The number of nitrogens with zero attached hydrogens (tertiary/aromatic N) is 1. The largest absolute Gasteiger partial charge is 0.467 e. The van der Waals surface area contributed by atoms with Crippen molar-refractivity contribution in [2.45, 2.75) is 91.6 Å². The highest BCUT2D eigenvalue weighted by Gasteiger charge is 2.28. The summed E-state index contributed by atoms with van der Waals surface area (Å²) < 4.78 is 6.68. The Labute approximate surface area is 180 Å². The number of hydrogen-bond donors (Lipinski definition) is 1. The summed E-state index contributed by atoms with van der Waals surface area (Å²) in [5.74, 6) is -0.664. The molecule has 0 aromatic carbocycles. The number of amides is 1. The number of carbonyl (C=O) groups is 2. The van der Waals surface area contributed by atoms with E-state index >= 15 is 0 Å². The number of hydrogen-bond acceptors (Lipinski definition) is 4. The van der Waals surface area contributed by atoms with Gasteiger partial charge in [0.25, 0.3) is 11.5 Å². The molecule has 1 N–H and O–H groups in total. The predicted molar refractivity (Wildman–Crippen MR) is 119 cm³/mol. The first kappa shape index (κ1) is 24.2. The number of methoxy groups -OCH3 is 1. The smallest absolute Gasteiger partial charge is 0.328 e. The van der Waals surface area contributed by atoms with Crippen LogP contribution in [0.2, 0.25) is 0 Å². The summed E-state index contributed by atoms with van der Waals surface area (Å²) in [7, 11) is 1.30. The monoisotopic (exact) mass is 418 g/mol. The summed E-state index contributed by atoms with van der Waals surface area (Å²) in [6.07, 6.45) is 8.47. The molecule has 1 saturated carbocycles. The first-order valence-corrected chi connectivity index (χ1v) is 11.5. The normalized spacial score (nSPS) is 15.8. The maximum atomic E-state index is 13.4. The van der Waals surface area contributed by atoms with Crippen molar-refractivity contribution in [1.82, 2.24) is 9.88 Å². The molecule has 0 spiro atoms. The Hall–Kier alpha value is -2.11. The van der Waals surface area contributed by atoms with Gasteiger partial charge in [-0.15, -0.1) is 0 Å². The van der Waals surface area contributed by atoms with E-state index in [2.05, 4.69) is 19.2 Å². The van der Waals surface area contributed by atoms with E-state index in [9.17, 15) is 14.4 Å². The second kappa shape index (κ2) is 11.3. The molecule has 2 rings (SSSR count). The van der Waals surface area contributed by atoms with Gasteiger partial charge in [-0.2, -0.15) is 0 Å². The summed E-state index contributed by atoms with van der Waals surface area (Å²) >= 11 is 0. The molecule has 1 aromatic rings. The van der Waals surface area contributed by atoms with Crippen molar-refractivity contribution in [3.05, 3.63) is 33.2 Å². The Balaban J connectivity index is 2.46. The average molecular weight is 419 g/mol. The summed E-state index contributed by atoms with van der Waals surface area (Å²) in [6, 6.07) is 0.948. The van der Waals surface area contributed by atoms with Crippen LogP contribution in [0.25, 0.3) is 0 Å². The molecule has 168 valence electrons. The van der Waals surface area contributed by atoms with Gasteiger partial charge in [-0.05, 0) is 49.1 Å². The molecule has 0 bridgehead atoms. The van der Waals surface area contributed by atoms with Gasteiger partial charge in [0.2, 0.25) is 0 Å². The standard InChI is InChI=1S/C24H38N2O4/c1-6-11-20-18(7-2)14-19(22(27)25-21(16(3)4)24(29)30-5)23(28)26(20)15-17-12-9-8-10-13-17/h14,16-17,21H,6-13,15H2,1-5H3,(H,25,27). The van der Waals surface area contributed by atoms with Crippen molar-refractivity contribution in [2.24, 2.45) is 11.8 Å². The number of rotatable bonds is 9. The molecule has 30 heavy (non-hydrogen) atoms. The number of nitrogens with one attached hydrogen (secondary N) is 1. The van der Waals surface area contributed by atoms with Crippen LogP contribution in [-0.4, -0.2) is 29.6 Å². The second-order valence-electron chi connectivity index (χ2n) is 8.77. The Morgan fingerprint density at radius 3 is 2.40 bits per heavy atom. The van der Waals surface area contributed by atoms with E-state index in [1.54, 1.807) is 6.07 Å². The molecule has 1 amide bonds. The van der Waals surface area contributed by atoms with Crippen molar-refractivity contribution in [3.8, 4) is 0 Å². The lowest BCUT2D eigenvalue weighted by Crippen LogP contribution is -2.47. The topological polar surface area (TPSA) is 77.4 Å². The highest BCUT2D eigenvalue weighted by atomic mass is 16.5. The first-order valence-electron chi connectivity index (χ1n) is 11.5. The summed E-state index contributed by atoms with van der Waals surface area (Å²) in [6.45, 7) is 8.51. The van der Waals surface area contributed by atoms with Crippen molar-refractivity contribution in [3.63, 3.8) is 0 Å². The van der Waals surface area contributed by atoms with Gasteiger partial charge in [0.15, 0.2) is 0 Å². The fourth-order valence-electron chi connectivity index (χ4n) is 4.43. The van der Waals surface area contributed by atoms with Crippen molar-refractivity contribution in [1.29, 1.82) is 0 Å². The average Bonchev–Trinajstić information content (AvgIpc) is 2.74. The molecular formula is C24H38N2O4. The minimum atomic E-state index is -0.783. The molecule has 0 saturated heterocycles. The van der Waals surface area contributed by atoms with Gasteiger partial charge in [-0.3, -0.25) is 9.59 Å². The Morgan fingerprint density at radius 1 is 1.20 bits per heavy atom. The minimum absolute atomic E-state index is 0.122. The number of pyridine rings is 1. The molecule has 1 heterocycles. The van der Waals surface area contributed by atoms with Gasteiger partial charge in [0, 0.05) is 12.2 Å². The van der Waals surface area contributed by atoms with E-state index in [1.807, 2.05) is 18.4 Å². The zero-order valence-corrected chi connectivity index (χ0v) is 19.3. The van der Waals surface area contributed by atoms with Crippen LogP contribution in [0.15, 0.2) is 10.9 Å². The summed E-state index contributed by atoms with van der Waals surface area (Å²) in [5.41, 5.74) is 1.97. The SMILES string of the molecule is CCCc1c(CC)cc(C(=O)NC(C(=O)OC)C(C)C)c(=O)n1CC1CCCCC1. The molecule has 1 aliphatic carbocycles. The number of ether oxygens (including phenoxy) is 1. The molecule has 0 aliphatic heterocycles. The van der Waals surface area contributed by atoms with Crippen LogP contribution < -0.4 is 10.9 Å². The van der Waals surface area contributed by atoms with Gasteiger partial charge >= 0.3 is 5.97 Å². The summed E-state index contributed by atoms with van der Waals surface area (Å²) in [5, 5.41) is 2.73. The van der Waals surface area contributed by atoms with Crippen LogP contribution in [0.4, 0.5) is 0 Å². The Morgan fingerprint density at radius 2 is 1.87 bits per heavy atom. The first-order chi connectivity index (χ1) is 14.3. The van der Waals surface area contributed by atoms with Crippen LogP contribution in [0.3, 0.4) is 0 Å². The molecule has 1 aromatic heterocycles. The zero-order valence-electron chi connectivity index (χ0n) is 19.3. The number of aromatic nitrogens is 1. The highest BCUT2D eigenvalue weighted by molar-refractivity contribution is 5.96. The number of esters is 1. The molecular weight excluding hydrogens is 380 g/mol. The Kier molecular flexibility index (Phi) is 9.12. The zero-order chi connectivity index (χ0) is 22.3. The fraction of sp³-hybridized carbons (Fsp3) is 0.708. The molecule has 1 fully saturated rings. The van der Waals surface area contributed by atoms with E-state index in [0.717, 1.165) is 43.4 Å². The van der Waals surface area contributed by atoms with Crippen LogP contribution >= 0.6 is 0 Å². The molecule has 1 atom stereocenters. The lowest BCUT2D eigenvalue weighted by atomic mass is 9.89. The quantitative estimate of drug-likeness (QED) is 0.618. The molecule has 6 heteroatoms. The summed E-state index contributed by atoms with van der Waals surface area (Å²) in [4.78, 5) is 38.6. The van der Waals surface area contributed by atoms with Crippen LogP contribution in [0.1, 0.15) is 87.8 Å². The Bertz CT molecular complexity index is 791. The van der Waals surface area contributed by atoms with Gasteiger partial charge in [0.1, 0.15) is 11.6 Å². The number of carbonyl (C=O) groups excluding carboxylic acids is 2. The van der Waals surface area contributed by atoms with Gasteiger partial charge in [-0.1, -0.05) is 53.4 Å². The maximum Gasteiger partial charge on any atom is 0.328 e. The van der Waals surface area contributed by atoms with Crippen LogP contribution in [0, 0.1) is 11.8 Å². The molecule has 6 nitrogen and oxygen atoms in total. The predicted octanol–water partition coefficient (Wildman–Crippen LogP) is 3.87. The fourth-order valence-corrected chi connectivity index (χ4v) is 4.43. The lowest BCUT2D eigenvalue weighted by Gasteiger charge is -2.26. The second-order valence-corrected chi connectivity index (χ2v) is 8.77. The number of aryl methyl sites for hydroxylation is 1. The van der Waals surface area contributed by atoms with Gasteiger partial charge in [0.05, 0.1) is 7.11 Å². The molecule has 0 radical (unpaired) electrons.